The second kappa shape index (κ2) is 7.03. The van der Waals surface area contributed by atoms with Crippen molar-refractivity contribution in [3.05, 3.63) is 36.8 Å². The van der Waals surface area contributed by atoms with Crippen molar-refractivity contribution in [1.29, 1.82) is 0 Å². The number of pyridine rings is 1. The van der Waals surface area contributed by atoms with Crippen LogP contribution in [0, 0.1) is 0 Å². The first-order valence-electron chi connectivity index (χ1n) is 9.91. The van der Waals surface area contributed by atoms with Gasteiger partial charge in [0.05, 0.1) is 17.8 Å². The van der Waals surface area contributed by atoms with Crippen molar-refractivity contribution in [1.82, 2.24) is 25.5 Å². The molecule has 0 unspecified atom stereocenters. The van der Waals surface area contributed by atoms with E-state index in [4.69, 9.17) is 9.47 Å². The molecular formula is C21H21F2N5O3. The fourth-order valence-corrected chi connectivity index (χ4v) is 4.78. The number of phenols is 1. The molecular weight excluding hydrogens is 408 g/mol. The average molecular weight is 429 g/mol. The largest absolute Gasteiger partial charge is 0.507 e. The molecule has 4 heterocycles. The zero-order valence-electron chi connectivity index (χ0n) is 16.9. The Hall–Kier alpha value is -2.98. The van der Waals surface area contributed by atoms with Gasteiger partial charge < -0.3 is 19.9 Å². The van der Waals surface area contributed by atoms with E-state index in [0.717, 1.165) is 10.8 Å². The van der Waals surface area contributed by atoms with Gasteiger partial charge in [-0.05, 0) is 30.5 Å². The summed E-state index contributed by atoms with van der Waals surface area (Å²) in [4.78, 5) is 8.22. The summed E-state index contributed by atoms with van der Waals surface area (Å²) in [5, 5.41) is 23.1. The van der Waals surface area contributed by atoms with E-state index in [1.807, 2.05) is 6.07 Å². The molecule has 2 N–H and O–H groups in total. The van der Waals surface area contributed by atoms with Crippen molar-refractivity contribution in [3.63, 3.8) is 0 Å². The third-order valence-corrected chi connectivity index (χ3v) is 6.13. The number of benzene rings is 1. The minimum Gasteiger partial charge on any atom is -0.507 e. The lowest BCUT2D eigenvalue weighted by Crippen LogP contribution is -2.62. The van der Waals surface area contributed by atoms with Crippen molar-refractivity contribution >= 4 is 10.8 Å². The van der Waals surface area contributed by atoms with Gasteiger partial charge in [-0.15, -0.1) is 5.10 Å². The zero-order valence-corrected chi connectivity index (χ0v) is 16.9. The number of hydrogen-bond donors (Lipinski definition) is 2. The standard InChI is InChI=1S/C21H21F2N5O3/c1-20-10-21(22,23)17(26-20)7-16(18(20)30-2)31-19-25-9-14(27-28-19)13-5-11-3-4-24-8-12(11)6-15(13)29/h3-6,8-9,16-18,26,29H,7,10H2,1-2H3/t16-,17+,18+,20+/m0/s1. The van der Waals surface area contributed by atoms with Crippen molar-refractivity contribution < 1.29 is 23.4 Å². The second-order valence-electron chi connectivity index (χ2n) is 8.32. The van der Waals surface area contributed by atoms with Crippen LogP contribution in [0.1, 0.15) is 19.8 Å². The maximum Gasteiger partial charge on any atom is 0.336 e. The van der Waals surface area contributed by atoms with E-state index in [0.29, 0.717) is 11.3 Å². The Bertz CT molecular complexity index is 1130. The van der Waals surface area contributed by atoms with Crippen LogP contribution >= 0.6 is 0 Å². The minimum absolute atomic E-state index is 0.0230. The van der Waals surface area contributed by atoms with Crippen molar-refractivity contribution in [2.45, 2.75) is 49.5 Å². The van der Waals surface area contributed by atoms with Crippen molar-refractivity contribution in [3.8, 4) is 23.0 Å². The van der Waals surface area contributed by atoms with Gasteiger partial charge in [-0.3, -0.25) is 4.98 Å². The summed E-state index contributed by atoms with van der Waals surface area (Å²) in [5.74, 6) is -2.81. The van der Waals surface area contributed by atoms with Crippen molar-refractivity contribution in [2.75, 3.05) is 7.11 Å². The maximum absolute atomic E-state index is 14.3. The van der Waals surface area contributed by atoms with Crippen LogP contribution in [-0.2, 0) is 4.74 Å². The third kappa shape index (κ3) is 3.35. The van der Waals surface area contributed by atoms with Crippen LogP contribution in [0.4, 0.5) is 8.78 Å². The van der Waals surface area contributed by atoms with Crippen molar-refractivity contribution in [2.24, 2.45) is 0 Å². The van der Waals surface area contributed by atoms with Gasteiger partial charge in [0.2, 0.25) is 0 Å². The fourth-order valence-electron chi connectivity index (χ4n) is 4.78. The van der Waals surface area contributed by atoms with Gasteiger partial charge in [-0.2, -0.15) is 0 Å². The predicted molar refractivity (Wildman–Crippen MR) is 107 cm³/mol. The van der Waals surface area contributed by atoms with E-state index < -0.39 is 29.7 Å². The van der Waals surface area contributed by atoms with E-state index in [1.165, 1.54) is 13.3 Å². The smallest absolute Gasteiger partial charge is 0.336 e. The van der Waals surface area contributed by atoms with Gasteiger partial charge in [0, 0.05) is 43.3 Å². The summed E-state index contributed by atoms with van der Waals surface area (Å²) in [7, 11) is 1.48. The molecule has 8 nitrogen and oxygen atoms in total. The summed E-state index contributed by atoms with van der Waals surface area (Å²) in [6, 6.07) is 4.16. The second-order valence-corrected chi connectivity index (χ2v) is 8.32. The Labute approximate surface area is 176 Å². The highest BCUT2D eigenvalue weighted by atomic mass is 19.3. The van der Waals surface area contributed by atoms with E-state index in [1.54, 1.807) is 31.5 Å². The van der Waals surface area contributed by atoms with E-state index in [9.17, 15) is 13.9 Å². The quantitative estimate of drug-likeness (QED) is 0.653. The highest BCUT2D eigenvalue weighted by Crippen LogP contribution is 2.46. The van der Waals surface area contributed by atoms with E-state index >= 15 is 0 Å². The van der Waals surface area contributed by atoms with Crippen LogP contribution in [0.3, 0.4) is 0 Å². The van der Waals surface area contributed by atoms with E-state index in [2.05, 4.69) is 25.5 Å². The van der Waals surface area contributed by atoms with Gasteiger partial charge >= 0.3 is 6.01 Å². The minimum atomic E-state index is -2.84. The number of aromatic nitrogens is 4. The first-order chi connectivity index (χ1) is 14.8. The lowest BCUT2D eigenvalue weighted by atomic mass is 9.87. The number of nitrogens with zero attached hydrogens (tertiary/aromatic N) is 4. The molecule has 5 rings (SSSR count). The lowest BCUT2D eigenvalue weighted by molar-refractivity contribution is -0.0725. The van der Waals surface area contributed by atoms with Crippen LogP contribution in [0.25, 0.3) is 22.0 Å². The van der Waals surface area contributed by atoms with Crippen LogP contribution in [0.2, 0.25) is 0 Å². The number of fused-ring (bicyclic) bond motifs is 3. The summed E-state index contributed by atoms with van der Waals surface area (Å²) >= 11 is 0. The molecule has 2 aromatic heterocycles. The number of aromatic hydroxyl groups is 1. The number of methoxy groups -OCH3 is 1. The van der Waals surface area contributed by atoms with Crippen LogP contribution in [0.5, 0.6) is 11.8 Å². The molecule has 4 atom stereocenters. The number of rotatable bonds is 4. The van der Waals surface area contributed by atoms with Crippen LogP contribution in [0.15, 0.2) is 36.8 Å². The first kappa shape index (κ1) is 20.0. The monoisotopic (exact) mass is 429 g/mol. The topological polar surface area (TPSA) is 102 Å². The average Bonchev–Trinajstić information content (AvgIpc) is 2.92. The molecule has 0 amide bonds. The summed E-state index contributed by atoms with van der Waals surface area (Å²) in [5.41, 5.74) is -0.0897. The molecule has 1 aromatic carbocycles. The Kier molecular flexibility index (Phi) is 4.52. The highest BCUT2D eigenvalue weighted by molar-refractivity contribution is 5.89. The Morgan fingerprint density at radius 1 is 1.19 bits per heavy atom. The maximum atomic E-state index is 14.3. The number of halogens is 2. The van der Waals surface area contributed by atoms with Gasteiger partial charge in [-0.25, -0.2) is 13.8 Å². The van der Waals surface area contributed by atoms with E-state index in [-0.39, 0.29) is 24.6 Å². The summed E-state index contributed by atoms with van der Waals surface area (Å²) < 4.78 is 40.0. The molecule has 2 aliphatic rings. The molecule has 2 bridgehead atoms. The van der Waals surface area contributed by atoms with Gasteiger partial charge in [-0.1, -0.05) is 5.10 Å². The number of hydrogen-bond acceptors (Lipinski definition) is 8. The molecule has 2 aliphatic heterocycles. The SMILES string of the molecule is CO[C@@H]1[C@@H](Oc2ncc(-c3cc4ccncc4cc3O)nn2)C[C@H]2N[C@]1(C)CC2(F)F. The number of alkyl halides is 2. The fraction of sp³-hybridized carbons (Fsp3) is 0.429. The molecule has 0 saturated carbocycles. The number of piperidine rings is 1. The third-order valence-electron chi connectivity index (χ3n) is 6.13. The molecule has 162 valence electrons. The molecule has 3 aromatic rings. The normalized spacial score (nSPS) is 29.2. The molecule has 2 saturated heterocycles. The number of ether oxygens (including phenoxy) is 2. The predicted octanol–water partition coefficient (Wildman–Crippen LogP) is 2.71. The molecule has 2 fully saturated rings. The Morgan fingerprint density at radius 2 is 2.03 bits per heavy atom. The van der Waals surface area contributed by atoms with Crippen LogP contribution < -0.4 is 10.1 Å². The molecule has 0 radical (unpaired) electrons. The van der Waals surface area contributed by atoms with Crippen LogP contribution in [-0.4, -0.2) is 62.1 Å². The summed E-state index contributed by atoms with van der Waals surface area (Å²) in [6.45, 7) is 1.71. The Balaban J connectivity index is 1.39. The van der Waals surface area contributed by atoms with Gasteiger partial charge in [0.25, 0.3) is 5.92 Å². The Morgan fingerprint density at radius 3 is 2.77 bits per heavy atom. The van der Waals surface area contributed by atoms with Gasteiger partial charge in [0.15, 0.2) is 0 Å². The zero-order chi connectivity index (χ0) is 21.8. The molecule has 0 aliphatic carbocycles. The molecule has 0 spiro atoms. The number of phenolic OH excluding ortho intramolecular Hbond substituents is 1. The highest BCUT2D eigenvalue weighted by Gasteiger charge is 2.63. The van der Waals surface area contributed by atoms with Gasteiger partial charge in [0.1, 0.15) is 23.7 Å². The lowest BCUT2D eigenvalue weighted by Gasteiger charge is -2.42. The first-order valence-corrected chi connectivity index (χ1v) is 9.91. The molecule has 31 heavy (non-hydrogen) atoms. The summed E-state index contributed by atoms with van der Waals surface area (Å²) in [6.07, 6.45) is 3.23. The molecule has 10 heteroatoms. The number of nitrogens with one attached hydrogen (secondary N) is 1.